The number of carbonyl (C=O) groups excluding carboxylic acids is 1. The van der Waals surface area contributed by atoms with Crippen molar-refractivity contribution in [3.8, 4) is 11.5 Å². The third kappa shape index (κ3) is 2.78. The SMILES string of the molecule is COc1ccc(C(=O)c2cc(Cl)ccc2OC)cc1C. The molecule has 0 amide bonds. The molecular formula is C16H15ClO3. The van der Waals surface area contributed by atoms with Gasteiger partial charge in [0.25, 0.3) is 0 Å². The molecule has 0 aromatic heterocycles. The second-order valence-corrected chi connectivity index (χ2v) is 4.79. The van der Waals surface area contributed by atoms with Gasteiger partial charge in [-0.25, -0.2) is 0 Å². The third-order valence-corrected chi connectivity index (χ3v) is 3.30. The molecule has 2 aromatic carbocycles. The van der Waals surface area contributed by atoms with E-state index in [1.807, 2.05) is 6.92 Å². The number of hydrogen-bond acceptors (Lipinski definition) is 3. The standard InChI is InChI=1S/C16H15ClO3/c1-10-8-11(4-6-14(10)19-2)16(18)13-9-12(17)5-7-15(13)20-3/h4-9H,1-3H3. The molecule has 104 valence electrons. The number of ether oxygens (including phenoxy) is 2. The summed E-state index contributed by atoms with van der Waals surface area (Å²) in [5.74, 6) is 1.13. The van der Waals surface area contributed by atoms with E-state index in [4.69, 9.17) is 21.1 Å². The van der Waals surface area contributed by atoms with Crippen molar-refractivity contribution < 1.29 is 14.3 Å². The van der Waals surface area contributed by atoms with Crippen molar-refractivity contribution in [2.75, 3.05) is 14.2 Å². The topological polar surface area (TPSA) is 35.5 Å². The maximum atomic E-state index is 12.6. The molecule has 2 rings (SSSR count). The van der Waals surface area contributed by atoms with Crippen molar-refractivity contribution >= 4 is 17.4 Å². The van der Waals surface area contributed by atoms with E-state index in [9.17, 15) is 4.79 Å². The van der Waals surface area contributed by atoms with Crippen LogP contribution in [0.1, 0.15) is 21.5 Å². The van der Waals surface area contributed by atoms with Gasteiger partial charge in [-0.2, -0.15) is 0 Å². The van der Waals surface area contributed by atoms with E-state index < -0.39 is 0 Å². The minimum Gasteiger partial charge on any atom is -0.496 e. The van der Waals surface area contributed by atoms with Crippen LogP contribution in [0.5, 0.6) is 11.5 Å². The van der Waals surface area contributed by atoms with Gasteiger partial charge in [0.05, 0.1) is 19.8 Å². The molecule has 0 aliphatic rings. The van der Waals surface area contributed by atoms with E-state index in [1.54, 1.807) is 43.5 Å². The van der Waals surface area contributed by atoms with Crippen molar-refractivity contribution in [3.63, 3.8) is 0 Å². The monoisotopic (exact) mass is 290 g/mol. The highest BCUT2D eigenvalue weighted by atomic mass is 35.5. The smallest absolute Gasteiger partial charge is 0.196 e. The summed E-state index contributed by atoms with van der Waals surface area (Å²) in [4.78, 5) is 12.6. The van der Waals surface area contributed by atoms with Crippen LogP contribution in [0.4, 0.5) is 0 Å². The molecule has 0 radical (unpaired) electrons. The van der Waals surface area contributed by atoms with Gasteiger partial charge in [-0.3, -0.25) is 4.79 Å². The van der Waals surface area contributed by atoms with Gasteiger partial charge in [-0.1, -0.05) is 11.6 Å². The summed E-state index contributed by atoms with van der Waals surface area (Å²) in [5.41, 5.74) is 1.92. The van der Waals surface area contributed by atoms with E-state index in [0.29, 0.717) is 21.9 Å². The normalized spacial score (nSPS) is 10.2. The first kappa shape index (κ1) is 14.4. The average Bonchev–Trinajstić information content (AvgIpc) is 2.46. The molecular weight excluding hydrogens is 276 g/mol. The molecule has 0 aliphatic carbocycles. The number of ketones is 1. The van der Waals surface area contributed by atoms with Gasteiger partial charge in [0.15, 0.2) is 5.78 Å². The second kappa shape index (κ2) is 5.97. The summed E-state index contributed by atoms with van der Waals surface area (Å²) in [6, 6.07) is 10.3. The summed E-state index contributed by atoms with van der Waals surface area (Å²) in [5, 5.41) is 0.499. The first-order chi connectivity index (χ1) is 9.56. The van der Waals surface area contributed by atoms with Crippen molar-refractivity contribution in [1.82, 2.24) is 0 Å². The fourth-order valence-electron chi connectivity index (χ4n) is 2.03. The summed E-state index contributed by atoms with van der Waals surface area (Å²) in [6.45, 7) is 1.89. The van der Waals surface area contributed by atoms with Crippen LogP contribution in [0.3, 0.4) is 0 Å². The van der Waals surface area contributed by atoms with E-state index in [2.05, 4.69) is 0 Å². The van der Waals surface area contributed by atoms with E-state index in [-0.39, 0.29) is 5.78 Å². The zero-order chi connectivity index (χ0) is 14.7. The molecule has 0 aliphatic heterocycles. The largest absolute Gasteiger partial charge is 0.496 e. The number of rotatable bonds is 4. The molecule has 2 aromatic rings. The minimum absolute atomic E-state index is 0.130. The van der Waals surface area contributed by atoms with E-state index in [1.165, 1.54) is 7.11 Å². The Morgan fingerprint density at radius 1 is 1.00 bits per heavy atom. The Labute approximate surface area is 123 Å². The first-order valence-electron chi connectivity index (χ1n) is 6.09. The Kier molecular flexibility index (Phi) is 4.30. The lowest BCUT2D eigenvalue weighted by molar-refractivity contribution is 0.103. The predicted molar refractivity (Wildman–Crippen MR) is 79.2 cm³/mol. The lowest BCUT2D eigenvalue weighted by Crippen LogP contribution is -2.04. The van der Waals surface area contributed by atoms with Gasteiger partial charge in [-0.05, 0) is 48.9 Å². The lowest BCUT2D eigenvalue weighted by atomic mass is 10.0. The molecule has 20 heavy (non-hydrogen) atoms. The van der Waals surface area contributed by atoms with Crippen molar-refractivity contribution in [3.05, 3.63) is 58.1 Å². The number of methoxy groups -OCH3 is 2. The Morgan fingerprint density at radius 2 is 1.65 bits per heavy atom. The summed E-state index contributed by atoms with van der Waals surface area (Å²) >= 11 is 5.96. The molecule has 0 atom stereocenters. The zero-order valence-corrected chi connectivity index (χ0v) is 12.3. The highest BCUT2D eigenvalue weighted by molar-refractivity contribution is 6.31. The van der Waals surface area contributed by atoms with Crippen molar-refractivity contribution in [1.29, 1.82) is 0 Å². The van der Waals surface area contributed by atoms with E-state index >= 15 is 0 Å². The van der Waals surface area contributed by atoms with E-state index in [0.717, 1.165) is 11.3 Å². The van der Waals surface area contributed by atoms with Gasteiger partial charge >= 0.3 is 0 Å². The Hall–Kier alpha value is -2.00. The quantitative estimate of drug-likeness (QED) is 0.801. The minimum atomic E-state index is -0.130. The molecule has 0 saturated carbocycles. The summed E-state index contributed by atoms with van der Waals surface area (Å²) in [6.07, 6.45) is 0. The molecule has 0 bridgehead atoms. The van der Waals surface area contributed by atoms with Crippen LogP contribution in [-0.4, -0.2) is 20.0 Å². The first-order valence-corrected chi connectivity index (χ1v) is 6.47. The molecule has 0 heterocycles. The van der Waals surface area contributed by atoms with Crippen LogP contribution in [-0.2, 0) is 0 Å². The van der Waals surface area contributed by atoms with Crippen LogP contribution < -0.4 is 9.47 Å². The summed E-state index contributed by atoms with van der Waals surface area (Å²) in [7, 11) is 3.13. The van der Waals surface area contributed by atoms with Gasteiger partial charge in [0.2, 0.25) is 0 Å². The van der Waals surface area contributed by atoms with Gasteiger partial charge in [0.1, 0.15) is 11.5 Å². The zero-order valence-electron chi connectivity index (χ0n) is 11.6. The van der Waals surface area contributed by atoms with Gasteiger partial charge in [0, 0.05) is 10.6 Å². The number of aryl methyl sites for hydroxylation is 1. The fraction of sp³-hybridized carbons (Fsp3) is 0.188. The second-order valence-electron chi connectivity index (χ2n) is 4.36. The molecule has 0 unspecified atom stereocenters. The number of carbonyl (C=O) groups is 1. The average molecular weight is 291 g/mol. The Morgan fingerprint density at radius 3 is 2.25 bits per heavy atom. The molecule has 3 nitrogen and oxygen atoms in total. The third-order valence-electron chi connectivity index (χ3n) is 3.06. The van der Waals surface area contributed by atoms with Gasteiger partial charge in [-0.15, -0.1) is 0 Å². The number of halogens is 1. The van der Waals surface area contributed by atoms with Crippen molar-refractivity contribution in [2.45, 2.75) is 6.92 Å². The molecule has 0 N–H and O–H groups in total. The fourth-order valence-corrected chi connectivity index (χ4v) is 2.20. The van der Waals surface area contributed by atoms with Crippen LogP contribution in [0.25, 0.3) is 0 Å². The maximum Gasteiger partial charge on any atom is 0.196 e. The maximum absolute atomic E-state index is 12.6. The van der Waals surface area contributed by atoms with Crippen LogP contribution >= 0.6 is 11.6 Å². The molecule has 0 fully saturated rings. The van der Waals surface area contributed by atoms with Crippen LogP contribution in [0, 0.1) is 6.92 Å². The molecule has 4 heteroatoms. The summed E-state index contributed by atoms with van der Waals surface area (Å²) < 4.78 is 10.4. The lowest BCUT2D eigenvalue weighted by Gasteiger charge is -2.10. The Balaban J connectivity index is 2.46. The molecule has 0 saturated heterocycles. The predicted octanol–water partition coefficient (Wildman–Crippen LogP) is 3.90. The van der Waals surface area contributed by atoms with Crippen LogP contribution in [0.15, 0.2) is 36.4 Å². The van der Waals surface area contributed by atoms with Crippen molar-refractivity contribution in [2.24, 2.45) is 0 Å². The highest BCUT2D eigenvalue weighted by Crippen LogP contribution is 2.27. The van der Waals surface area contributed by atoms with Gasteiger partial charge < -0.3 is 9.47 Å². The van der Waals surface area contributed by atoms with Crippen LogP contribution in [0.2, 0.25) is 5.02 Å². The number of hydrogen-bond donors (Lipinski definition) is 0. The Bertz CT molecular complexity index is 650. The number of benzene rings is 2. The highest BCUT2D eigenvalue weighted by Gasteiger charge is 2.16. The molecule has 0 spiro atoms.